The summed E-state index contributed by atoms with van der Waals surface area (Å²) in [4.78, 5) is 23.2. The normalized spacial score (nSPS) is 14.3. The number of aromatic nitrogens is 3. The lowest BCUT2D eigenvalue weighted by atomic mass is 9.92. The maximum absolute atomic E-state index is 12.7. The van der Waals surface area contributed by atoms with Crippen molar-refractivity contribution in [1.82, 2.24) is 15.0 Å². The molecule has 0 atom stereocenters. The molecule has 0 aliphatic carbocycles. The molecule has 0 spiro atoms. The summed E-state index contributed by atoms with van der Waals surface area (Å²) in [5, 5.41) is 20.1. The van der Waals surface area contributed by atoms with Crippen LogP contribution < -0.4 is 15.1 Å². The zero-order valence-corrected chi connectivity index (χ0v) is 21.2. The first kappa shape index (κ1) is 24.5. The Labute approximate surface area is 213 Å². The molecule has 5 rings (SSSR count). The number of benzene rings is 2. The first-order valence-electron chi connectivity index (χ1n) is 12.2. The Morgan fingerprint density at radius 3 is 2.70 bits per heavy atom. The lowest BCUT2D eigenvalue weighted by Gasteiger charge is -2.33. The topological polar surface area (TPSA) is 123 Å². The molecule has 0 saturated heterocycles. The Morgan fingerprint density at radius 1 is 1.24 bits per heavy atom. The van der Waals surface area contributed by atoms with Gasteiger partial charge in [-0.05, 0) is 62.8 Å². The second-order valence-electron chi connectivity index (χ2n) is 9.90. The van der Waals surface area contributed by atoms with Crippen LogP contribution in [0.4, 0.5) is 5.69 Å². The SMILES string of the molecule is CCc1c(C)c2cc3c(c(OCc4cn(Cc5ccc([N+](=O)[O-])cc5)nn4)c2oc1=O)OC(C)(C)CC3. The Kier molecular flexibility index (Phi) is 6.18. The molecule has 2 aromatic carbocycles. The van der Waals surface area contributed by atoms with Gasteiger partial charge in [0, 0.05) is 23.1 Å². The van der Waals surface area contributed by atoms with Crippen LogP contribution in [0, 0.1) is 17.0 Å². The summed E-state index contributed by atoms with van der Waals surface area (Å²) in [5.74, 6) is 0.988. The average molecular weight is 505 g/mol. The van der Waals surface area contributed by atoms with Gasteiger partial charge in [-0.2, -0.15) is 0 Å². The van der Waals surface area contributed by atoms with E-state index < -0.39 is 4.92 Å². The summed E-state index contributed by atoms with van der Waals surface area (Å²) in [7, 11) is 0. The lowest BCUT2D eigenvalue weighted by molar-refractivity contribution is -0.384. The van der Waals surface area contributed by atoms with Gasteiger partial charge in [0.2, 0.25) is 5.75 Å². The molecule has 37 heavy (non-hydrogen) atoms. The highest BCUT2D eigenvalue weighted by atomic mass is 16.6. The monoisotopic (exact) mass is 504 g/mol. The number of nitro benzene ring substituents is 1. The predicted octanol–water partition coefficient (Wildman–Crippen LogP) is 4.89. The summed E-state index contributed by atoms with van der Waals surface area (Å²) < 4.78 is 20.0. The Bertz CT molecular complexity index is 1550. The Hall–Kier alpha value is -4.21. The maximum Gasteiger partial charge on any atom is 0.339 e. The maximum atomic E-state index is 12.7. The first-order chi connectivity index (χ1) is 17.6. The van der Waals surface area contributed by atoms with Crippen molar-refractivity contribution in [1.29, 1.82) is 0 Å². The molecule has 2 aromatic heterocycles. The number of nitrogens with zero attached hydrogens (tertiary/aromatic N) is 4. The third-order valence-electron chi connectivity index (χ3n) is 6.74. The molecule has 10 nitrogen and oxygen atoms in total. The van der Waals surface area contributed by atoms with E-state index in [1.54, 1.807) is 23.0 Å². The van der Waals surface area contributed by atoms with Gasteiger partial charge in [0.25, 0.3) is 5.69 Å². The number of aryl methyl sites for hydroxylation is 2. The predicted molar refractivity (Wildman–Crippen MR) is 136 cm³/mol. The van der Waals surface area contributed by atoms with Gasteiger partial charge in [0.1, 0.15) is 17.9 Å². The minimum Gasteiger partial charge on any atom is -0.484 e. The standard InChI is InChI=1S/C27H28N4O6/c1-5-21-16(2)22-12-18-10-11-27(3,4)37-23(18)25(24(22)36-26(21)32)35-15-19-14-30(29-28-19)13-17-6-8-20(9-7-17)31(33)34/h6-9,12,14H,5,10-11,13,15H2,1-4H3. The Morgan fingerprint density at radius 2 is 2.00 bits per heavy atom. The van der Waals surface area contributed by atoms with Crippen LogP contribution in [-0.4, -0.2) is 25.5 Å². The molecule has 0 bridgehead atoms. The lowest BCUT2D eigenvalue weighted by Crippen LogP contribution is -2.33. The summed E-state index contributed by atoms with van der Waals surface area (Å²) in [6, 6.07) is 8.34. The average Bonchev–Trinajstić information content (AvgIpc) is 3.30. The third-order valence-corrected chi connectivity index (χ3v) is 6.74. The quantitative estimate of drug-likeness (QED) is 0.198. The molecule has 0 amide bonds. The highest BCUT2D eigenvalue weighted by Gasteiger charge is 2.32. The zero-order valence-electron chi connectivity index (χ0n) is 21.2. The van der Waals surface area contributed by atoms with E-state index in [1.807, 2.05) is 33.8 Å². The number of hydrogen-bond donors (Lipinski definition) is 0. The van der Waals surface area contributed by atoms with E-state index >= 15 is 0 Å². The van der Waals surface area contributed by atoms with Crippen molar-refractivity contribution in [3.63, 3.8) is 0 Å². The molecule has 10 heteroatoms. The van der Waals surface area contributed by atoms with Crippen molar-refractivity contribution < 1.29 is 18.8 Å². The van der Waals surface area contributed by atoms with Crippen molar-refractivity contribution >= 4 is 16.7 Å². The largest absolute Gasteiger partial charge is 0.484 e. The minimum atomic E-state index is -0.432. The van der Waals surface area contributed by atoms with Gasteiger partial charge < -0.3 is 13.9 Å². The second kappa shape index (κ2) is 9.34. The fourth-order valence-electron chi connectivity index (χ4n) is 4.67. The summed E-state index contributed by atoms with van der Waals surface area (Å²) in [5.41, 5.74) is 3.64. The van der Waals surface area contributed by atoms with Crippen LogP contribution in [0.3, 0.4) is 0 Å². The molecule has 1 aliphatic heterocycles. The van der Waals surface area contributed by atoms with Crippen LogP contribution >= 0.6 is 0 Å². The highest BCUT2D eigenvalue weighted by molar-refractivity contribution is 5.90. The van der Waals surface area contributed by atoms with Gasteiger partial charge >= 0.3 is 5.63 Å². The fraction of sp³-hybridized carbons (Fsp3) is 0.370. The minimum absolute atomic E-state index is 0.0354. The molecule has 1 aliphatic rings. The van der Waals surface area contributed by atoms with Crippen LogP contribution in [0.2, 0.25) is 0 Å². The van der Waals surface area contributed by atoms with Crippen molar-refractivity contribution in [3.05, 3.63) is 85.0 Å². The number of nitro groups is 1. The van der Waals surface area contributed by atoms with Crippen molar-refractivity contribution in [2.45, 2.75) is 65.7 Å². The van der Waals surface area contributed by atoms with Gasteiger partial charge in [-0.1, -0.05) is 24.3 Å². The Balaban J connectivity index is 1.45. The molecule has 4 aromatic rings. The molecule has 3 heterocycles. The van der Waals surface area contributed by atoms with E-state index in [2.05, 4.69) is 10.3 Å². The number of rotatable bonds is 7. The summed E-state index contributed by atoms with van der Waals surface area (Å²) >= 11 is 0. The van der Waals surface area contributed by atoms with Gasteiger partial charge in [0.15, 0.2) is 11.3 Å². The molecular weight excluding hydrogens is 476 g/mol. The van der Waals surface area contributed by atoms with Crippen molar-refractivity contribution in [2.24, 2.45) is 0 Å². The number of ether oxygens (including phenoxy) is 2. The van der Waals surface area contributed by atoms with E-state index in [4.69, 9.17) is 13.9 Å². The summed E-state index contributed by atoms with van der Waals surface area (Å²) in [6.45, 7) is 8.41. The van der Waals surface area contributed by atoms with Crippen LogP contribution in [0.5, 0.6) is 11.5 Å². The number of fused-ring (bicyclic) bond motifs is 2. The van der Waals surface area contributed by atoms with E-state index in [9.17, 15) is 14.9 Å². The molecule has 0 unspecified atom stereocenters. The highest BCUT2D eigenvalue weighted by Crippen LogP contribution is 2.45. The van der Waals surface area contributed by atoms with Gasteiger partial charge in [-0.15, -0.1) is 5.10 Å². The van der Waals surface area contributed by atoms with E-state index in [0.717, 1.165) is 34.9 Å². The van der Waals surface area contributed by atoms with Crippen LogP contribution in [0.1, 0.15) is 55.1 Å². The van der Waals surface area contributed by atoms with E-state index in [0.29, 0.717) is 41.3 Å². The molecule has 0 radical (unpaired) electrons. The molecule has 192 valence electrons. The van der Waals surface area contributed by atoms with Gasteiger partial charge in [-0.3, -0.25) is 10.1 Å². The second-order valence-corrected chi connectivity index (χ2v) is 9.90. The van der Waals surface area contributed by atoms with Crippen molar-refractivity contribution in [2.75, 3.05) is 0 Å². The van der Waals surface area contributed by atoms with Crippen LogP contribution in [0.25, 0.3) is 11.0 Å². The molecular formula is C27H28N4O6. The third kappa shape index (κ3) is 4.78. The van der Waals surface area contributed by atoms with Crippen LogP contribution in [0.15, 0.2) is 45.7 Å². The van der Waals surface area contributed by atoms with E-state index in [1.165, 1.54) is 12.1 Å². The van der Waals surface area contributed by atoms with E-state index in [-0.39, 0.29) is 23.5 Å². The first-order valence-corrected chi connectivity index (χ1v) is 12.2. The van der Waals surface area contributed by atoms with Gasteiger partial charge in [0.05, 0.1) is 17.7 Å². The fourth-order valence-corrected chi connectivity index (χ4v) is 4.67. The molecule has 0 fully saturated rings. The van der Waals surface area contributed by atoms with Gasteiger partial charge in [-0.25, -0.2) is 9.48 Å². The molecule has 0 N–H and O–H groups in total. The summed E-state index contributed by atoms with van der Waals surface area (Å²) in [6.07, 6.45) is 4.01. The zero-order chi connectivity index (χ0) is 26.3. The number of hydrogen-bond acceptors (Lipinski definition) is 8. The van der Waals surface area contributed by atoms with Crippen molar-refractivity contribution in [3.8, 4) is 11.5 Å². The van der Waals surface area contributed by atoms with Crippen LogP contribution in [-0.2, 0) is 26.0 Å². The smallest absolute Gasteiger partial charge is 0.339 e. The number of non-ortho nitro benzene ring substituents is 1. The molecule has 0 saturated carbocycles.